The number of hydrogen-bond donors (Lipinski definition) is 1. The van der Waals surface area contributed by atoms with Gasteiger partial charge in [-0.15, -0.1) is 0 Å². The predicted molar refractivity (Wildman–Crippen MR) is 89.0 cm³/mol. The van der Waals surface area contributed by atoms with Gasteiger partial charge in [0.1, 0.15) is 12.1 Å². The Kier molecular flexibility index (Phi) is 6.48. The Bertz CT molecular complexity index is 533. The van der Waals surface area contributed by atoms with E-state index in [0.29, 0.717) is 31.8 Å². The third-order valence-corrected chi connectivity index (χ3v) is 5.23. The second-order valence-electron chi connectivity index (χ2n) is 6.78. The number of carbonyl (C=O) groups excluding carboxylic acids is 1. The van der Waals surface area contributed by atoms with Crippen molar-refractivity contribution in [3.63, 3.8) is 0 Å². The number of alkyl halides is 3. The SMILES string of the molecule is CCC(CC)CN1CCC(C(=O)NCC(F)(F)F)(n2ccnc2)CC1. The van der Waals surface area contributed by atoms with Crippen molar-refractivity contribution in [3.05, 3.63) is 18.7 Å². The van der Waals surface area contributed by atoms with Crippen LogP contribution in [0.5, 0.6) is 0 Å². The average Bonchev–Trinajstić information content (AvgIpc) is 3.12. The van der Waals surface area contributed by atoms with Crippen LogP contribution in [0, 0.1) is 5.92 Å². The number of nitrogens with one attached hydrogen (secondary N) is 1. The minimum Gasteiger partial charge on any atom is -0.345 e. The zero-order valence-electron chi connectivity index (χ0n) is 14.9. The van der Waals surface area contributed by atoms with E-state index >= 15 is 0 Å². The van der Waals surface area contributed by atoms with Gasteiger partial charge in [-0.1, -0.05) is 26.7 Å². The van der Waals surface area contributed by atoms with E-state index in [9.17, 15) is 18.0 Å². The zero-order chi connectivity index (χ0) is 18.5. The minimum atomic E-state index is -4.41. The molecule has 1 aliphatic heterocycles. The summed E-state index contributed by atoms with van der Waals surface area (Å²) in [4.78, 5) is 18.9. The Morgan fingerprint density at radius 3 is 2.40 bits per heavy atom. The summed E-state index contributed by atoms with van der Waals surface area (Å²) in [6.45, 7) is 5.37. The molecule has 25 heavy (non-hydrogen) atoms. The first kappa shape index (κ1) is 19.8. The molecule has 2 heterocycles. The van der Waals surface area contributed by atoms with E-state index in [0.717, 1.165) is 19.4 Å². The fourth-order valence-corrected chi connectivity index (χ4v) is 3.48. The topological polar surface area (TPSA) is 50.2 Å². The fourth-order valence-electron chi connectivity index (χ4n) is 3.48. The van der Waals surface area contributed by atoms with E-state index in [4.69, 9.17) is 0 Å². The molecule has 1 aromatic heterocycles. The van der Waals surface area contributed by atoms with Crippen molar-refractivity contribution in [2.75, 3.05) is 26.2 Å². The molecule has 5 nitrogen and oxygen atoms in total. The highest BCUT2D eigenvalue weighted by Crippen LogP contribution is 2.31. The molecular formula is C17H27F3N4O. The maximum Gasteiger partial charge on any atom is 0.405 e. The van der Waals surface area contributed by atoms with E-state index < -0.39 is 24.2 Å². The lowest BCUT2D eigenvalue weighted by Gasteiger charge is -2.42. The van der Waals surface area contributed by atoms with Crippen molar-refractivity contribution in [1.29, 1.82) is 0 Å². The predicted octanol–water partition coefficient (Wildman–Crippen LogP) is 2.79. The Balaban J connectivity index is 2.08. The van der Waals surface area contributed by atoms with Gasteiger partial charge in [0.15, 0.2) is 0 Å². The number of aromatic nitrogens is 2. The Hall–Kier alpha value is -1.57. The number of amides is 1. The maximum atomic E-state index is 12.6. The first-order valence-electron chi connectivity index (χ1n) is 8.86. The monoisotopic (exact) mass is 360 g/mol. The van der Waals surface area contributed by atoms with Crippen LogP contribution in [0.4, 0.5) is 13.2 Å². The molecule has 0 bridgehead atoms. The Morgan fingerprint density at radius 1 is 1.28 bits per heavy atom. The summed E-state index contributed by atoms with van der Waals surface area (Å²) < 4.78 is 39.1. The third kappa shape index (κ3) is 4.96. The van der Waals surface area contributed by atoms with Crippen LogP contribution in [0.3, 0.4) is 0 Å². The van der Waals surface area contributed by atoms with Gasteiger partial charge in [0.25, 0.3) is 0 Å². The number of rotatable bonds is 7. The van der Waals surface area contributed by atoms with E-state index in [1.165, 1.54) is 6.33 Å². The molecule has 0 aromatic carbocycles. The molecular weight excluding hydrogens is 333 g/mol. The van der Waals surface area contributed by atoms with Crippen LogP contribution in [0.25, 0.3) is 0 Å². The smallest absolute Gasteiger partial charge is 0.345 e. The molecule has 1 amide bonds. The first-order valence-corrected chi connectivity index (χ1v) is 8.86. The highest BCUT2D eigenvalue weighted by Gasteiger charge is 2.44. The summed E-state index contributed by atoms with van der Waals surface area (Å²) >= 11 is 0. The van der Waals surface area contributed by atoms with Gasteiger partial charge in [-0.3, -0.25) is 4.79 Å². The van der Waals surface area contributed by atoms with Gasteiger partial charge >= 0.3 is 6.18 Å². The maximum absolute atomic E-state index is 12.6. The Labute approximate surface area is 146 Å². The molecule has 1 aromatic rings. The van der Waals surface area contributed by atoms with E-state index in [2.05, 4.69) is 29.0 Å². The van der Waals surface area contributed by atoms with Crippen molar-refractivity contribution < 1.29 is 18.0 Å². The number of halogens is 3. The van der Waals surface area contributed by atoms with Crippen molar-refractivity contribution in [1.82, 2.24) is 19.8 Å². The molecule has 2 rings (SSSR count). The normalized spacial score (nSPS) is 18.5. The highest BCUT2D eigenvalue weighted by atomic mass is 19.4. The summed E-state index contributed by atoms with van der Waals surface area (Å²) in [5.74, 6) is 0.0322. The van der Waals surface area contributed by atoms with E-state index in [-0.39, 0.29) is 0 Å². The van der Waals surface area contributed by atoms with Crippen LogP contribution in [-0.4, -0.2) is 52.7 Å². The number of hydrogen-bond acceptors (Lipinski definition) is 3. The van der Waals surface area contributed by atoms with Crippen LogP contribution in [-0.2, 0) is 10.3 Å². The summed E-state index contributed by atoms with van der Waals surface area (Å²) in [5, 5.41) is 2.07. The third-order valence-electron chi connectivity index (χ3n) is 5.23. The highest BCUT2D eigenvalue weighted by molar-refractivity contribution is 5.84. The number of piperidine rings is 1. The summed E-state index contributed by atoms with van der Waals surface area (Å²) in [6.07, 6.45) is 3.47. The van der Waals surface area contributed by atoms with Gasteiger partial charge in [-0.2, -0.15) is 13.2 Å². The zero-order valence-corrected chi connectivity index (χ0v) is 14.9. The molecule has 0 spiro atoms. The van der Waals surface area contributed by atoms with Gasteiger partial charge in [-0.25, -0.2) is 4.98 Å². The Morgan fingerprint density at radius 2 is 1.92 bits per heavy atom. The number of carbonyl (C=O) groups is 1. The molecule has 1 aliphatic rings. The van der Waals surface area contributed by atoms with Crippen molar-refractivity contribution >= 4 is 5.91 Å². The van der Waals surface area contributed by atoms with Crippen LogP contribution in [0.15, 0.2) is 18.7 Å². The van der Waals surface area contributed by atoms with E-state index in [1.54, 1.807) is 17.0 Å². The second-order valence-corrected chi connectivity index (χ2v) is 6.78. The molecule has 0 radical (unpaired) electrons. The average molecular weight is 360 g/mol. The minimum absolute atomic E-state index is 0.479. The van der Waals surface area contributed by atoms with Crippen LogP contribution < -0.4 is 5.32 Å². The van der Waals surface area contributed by atoms with Gasteiger partial charge in [0.05, 0.1) is 6.33 Å². The van der Waals surface area contributed by atoms with Crippen LogP contribution in [0.2, 0.25) is 0 Å². The van der Waals surface area contributed by atoms with Crippen molar-refractivity contribution in [2.24, 2.45) is 5.92 Å². The molecule has 142 valence electrons. The van der Waals surface area contributed by atoms with Gasteiger partial charge in [-0.05, 0) is 18.8 Å². The summed E-state index contributed by atoms with van der Waals surface area (Å²) in [7, 11) is 0. The summed E-state index contributed by atoms with van der Waals surface area (Å²) in [5.41, 5.74) is -0.994. The lowest BCUT2D eigenvalue weighted by molar-refractivity contribution is -0.145. The van der Waals surface area contributed by atoms with Crippen LogP contribution in [0.1, 0.15) is 39.5 Å². The first-order chi connectivity index (χ1) is 11.8. The van der Waals surface area contributed by atoms with Crippen molar-refractivity contribution in [2.45, 2.75) is 51.2 Å². The molecule has 1 N–H and O–H groups in total. The molecule has 1 saturated heterocycles. The molecule has 0 atom stereocenters. The van der Waals surface area contributed by atoms with Crippen LogP contribution >= 0.6 is 0 Å². The molecule has 1 fully saturated rings. The van der Waals surface area contributed by atoms with Crippen molar-refractivity contribution in [3.8, 4) is 0 Å². The standard InChI is InChI=1S/C17H27F3N4O/c1-3-14(4-2)11-23-8-5-16(6-9-23,24-10-7-21-13-24)15(25)22-12-17(18,19)20/h7,10,13-14H,3-6,8-9,11-12H2,1-2H3,(H,22,25). The lowest BCUT2D eigenvalue weighted by atomic mass is 9.85. The molecule has 0 saturated carbocycles. The largest absolute Gasteiger partial charge is 0.405 e. The molecule has 8 heteroatoms. The second kappa shape index (κ2) is 8.21. The van der Waals surface area contributed by atoms with E-state index in [1.807, 2.05) is 0 Å². The number of likely N-dealkylation sites (tertiary alicyclic amines) is 1. The quantitative estimate of drug-likeness (QED) is 0.813. The fraction of sp³-hybridized carbons (Fsp3) is 0.765. The molecule has 0 unspecified atom stereocenters. The lowest BCUT2D eigenvalue weighted by Crippen LogP contribution is -2.56. The molecule has 0 aliphatic carbocycles. The summed E-state index contributed by atoms with van der Waals surface area (Å²) in [6, 6.07) is 0. The van der Waals surface area contributed by atoms with Gasteiger partial charge in [0, 0.05) is 32.0 Å². The van der Waals surface area contributed by atoms with Gasteiger partial charge < -0.3 is 14.8 Å². The van der Waals surface area contributed by atoms with Gasteiger partial charge in [0.2, 0.25) is 5.91 Å². The number of nitrogens with zero attached hydrogens (tertiary/aromatic N) is 3. The number of imidazole rings is 1.